The molecule has 1 saturated carbocycles. The van der Waals surface area contributed by atoms with Crippen LogP contribution >= 0.6 is 24.0 Å². The van der Waals surface area contributed by atoms with Gasteiger partial charge >= 0.3 is 0 Å². The molecule has 0 saturated heterocycles. The maximum atomic E-state index is 14.2. The first-order valence-corrected chi connectivity index (χ1v) is 8.05. The van der Waals surface area contributed by atoms with E-state index in [9.17, 15) is 4.39 Å². The summed E-state index contributed by atoms with van der Waals surface area (Å²) in [6.07, 6.45) is 11.0. The van der Waals surface area contributed by atoms with Crippen molar-refractivity contribution in [1.82, 2.24) is 14.9 Å². The van der Waals surface area contributed by atoms with Crippen LogP contribution in [0.15, 0.2) is 41.9 Å². The number of halogens is 2. The SMILES string of the molecule is I.NC(=NCc1ccc(-n2ccnc2)c(F)c1)NC1CCCCC1. The Bertz CT molecular complexity index is 666. The van der Waals surface area contributed by atoms with E-state index < -0.39 is 0 Å². The molecule has 0 radical (unpaired) electrons. The van der Waals surface area contributed by atoms with E-state index in [1.807, 2.05) is 6.07 Å². The Morgan fingerprint density at radius 2 is 2.12 bits per heavy atom. The zero-order valence-electron chi connectivity index (χ0n) is 13.5. The first-order valence-electron chi connectivity index (χ1n) is 8.05. The van der Waals surface area contributed by atoms with Crippen molar-refractivity contribution in [3.63, 3.8) is 0 Å². The standard InChI is InChI=1S/C17H22FN5.HI/c18-15-10-13(6-7-16(15)23-9-8-20-12-23)11-21-17(19)22-14-4-2-1-3-5-14;/h6-10,12,14H,1-5,11H2,(H3,19,21,22);1H. The predicted molar refractivity (Wildman–Crippen MR) is 104 cm³/mol. The molecule has 24 heavy (non-hydrogen) atoms. The molecule has 0 aliphatic heterocycles. The lowest BCUT2D eigenvalue weighted by molar-refractivity contribution is 0.412. The molecule has 130 valence electrons. The van der Waals surface area contributed by atoms with Crippen LogP contribution in [0.1, 0.15) is 37.7 Å². The highest BCUT2D eigenvalue weighted by molar-refractivity contribution is 14.0. The van der Waals surface area contributed by atoms with Gasteiger partial charge in [-0.1, -0.05) is 25.3 Å². The first-order chi connectivity index (χ1) is 11.2. The minimum Gasteiger partial charge on any atom is -0.370 e. The molecule has 1 heterocycles. The summed E-state index contributed by atoms with van der Waals surface area (Å²) >= 11 is 0. The van der Waals surface area contributed by atoms with E-state index >= 15 is 0 Å². The molecule has 1 aromatic carbocycles. The number of nitrogens with zero attached hydrogens (tertiary/aromatic N) is 3. The quantitative estimate of drug-likeness (QED) is 0.433. The van der Waals surface area contributed by atoms with Gasteiger partial charge in [0.15, 0.2) is 5.96 Å². The summed E-state index contributed by atoms with van der Waals surface area (Å²) in [5.74, 6) is 0.144. The Kier molecular flexibility index (Phi) is 7.01. The van der Waals surface area contributed by atoms with Crippen molar-refractivity contribution >= 4 is 29.9 Å². The molecule has 5 nitrogen and oxygen atoms in total. The van der Waals surface area contributed by atoms with Crippen molar-refractivity contribution in [3.05, 3.63) is 48.3 Å². The molecule has 1 aliphatic carbocycles. The van der Waals surface area contributed by atoms with E-state index in [1.165, 1.54) is 25.3 Å². The molecule has 0 unspecified atom stereocenters. The summed E-state index contributed by atoms with van der Waals surface area (Å²) < 4.78 is 15.8. The Morgan fingerprint density at radius 1 is 1.33 bits per heavy atom. The molecule has 0 bridgehead atoms. The van der Waals surface area contributed by atoms with Crippen LogP contribution < -0.4 is 11.1 Å². The number of hydrogen-bond acceptors (Lipinski definition) is 2. The van der Waals surface area contributed by atoms with Crippen LogP contribution in [0, 0.1) is 5.82 Å². The van der Waals surface area contributed by atoms with E-state index in [0.717, 1.165) is 18.4 Å². The summed E-state index contributed by atoms with van der Waals surface area (Å²) in [5, 5.41) is 3.26. The van der Waals surface area contributed by atoms with Crippen LogP contribution in [-0.2, 0) is 6.54 Å². The van der Waals surface area contributed by atoms with E-state index in [4.69, 9.17) is 5.73 Å². The number of rotatable bonds is 4. The number of benzene rings is 1. The van der Waals surface area contributed by atoms with E-state index in [1.54, 1.807) is 29.4 Å². The van der Waals surface area contributed by atoms with E-state index in [-0.39, 0.29) is 29.8 Å². The molecule has 0 atom stereocenters. The van der Waals surface area contributed by atoms with Crippen molar-refractivity contribution in [2.75, 3.05) is 0 Å². The van der Waals surface area contributed by atoms with Gasteiger partial charge in [0.05, 0.1) is 18.6 Å². The summed E-state index contributed by atoms with van der Waals surface area (Å²) in [5.41, 5.74) is 7.20. The maximum Gasteiger partial charge on any atom is 0.189 e. The minimum atomic E-state index is -0.297. The van der Waals surface area contributed by atoms with Crippen molar-refractivity contribution in [2.45, 2.75) is 44.7 Å². The summed E-state index contributed by atoms with van der Waals surface area (Å²) in [4.78, 5) is 8.25. The second kappa shape index (κ2) is 9.00. The third-order valence-electron chi connectivity index (χ3n) is 4.18. The first kappa shape index (κ1) is 18.7. The number of nitrogens with one attached hydrogen (secondary N) is 1. The van der Waals surface area contributed by atoms with Crippen LogP contribution in [0.4, 0.5) is 4.39 Å². The molecule has 0 amide bonds. The van der Waals surface area contributed by atoms with Crippen molar-refractivity contribution in [2.24, 2.45) is 10.7 Å². The molecule has 1 fully saturated rings. The molecule has 1 aromatic heterocycles. The largest absolute Gasteiger partial charge is 0.370 e. The zero-order chi connectivity index (χ0) is 16.1. The Morgan fingerprint density at radius 3 is 2.79 bits per heavy atom. The van der Waals surface area contributed by atoms with E-state index in [2.05, 4.69) is 15.3 Å². The molecular weight excluding hydrogens is 420 g/mol. The minimum absolute atomic E-state index is 0. The second-order valence-corrected chi connectivity index (χ2v) is 5.94. The van der Waals surface area contributed by atoms with Crippen molar-refractivity contribution in [1.29, 1.82) is 0 Å². The Balaban J connectivity index is 0.00000208. The molecule has 2 aromatic rings. The van der Waals surface area contributed by atoms with Crippen molar-refractivity contribution in [3.8, 4) is 5.69 Å². The van der Waals surface area contributed by atoms with Gasteiger partial charge < -0.3 is 15.6 Å². The fraction of sp³-hybridized carbons (Fsp3) is 0.412. The normalized spacial score (nSPS) is 15.8. The summed E-state index contributed by atoms with van der Waals surface area (Å²) in [6, 6.07) is 5.50. The van der Waals surface area contributed by atoms with Crippen LogP contribution in [0.5, 0.6) is 0 Å². The lowest BCUT2D eigenvalue weighted by Gasteiger charge is -2.23. The summed E-state index contributed by atoms with van der Waals surface area (Å²) in [6.45, 7) is 0.368. The topological polar surface area (TPSA) is 68.2 Å². The number of imidazole rings is 1. The fourth-order valence-electron chi connectivity index (χ4n) is 2.94. The molecule has 0 spiro atoms. The smallest absolute Gasteiger partial charge is 0.189 e. The zero-order valence-corrected chi connectivity index (χ0v) is 15.8. The van der Waals surface area contributed by atoms with Gasteiger partial charge in [0.2, 0.25) is 0 Å². The number of guanidine groups is 1. The van der Waals surface area contributed by atoms with Gasteiger partial charge in [0.1, 0.15) is 5.82 Å². The third kappa shape index (κ3) is 4.93. The Hall–Kier alpha value is -1.64. The highest BCUT2D eigenvalue weighted by Crippen LogP contribution is 2.17. The van der Waals surface area contributed by atoms with Crippen molar-refractivity contribution < 1.29 is 4.39 Å². The Labute approximate surface area is 158 Å². The number of hydrogen-bond donors (Lipinski definition) is 2. The van der Waals surface area contributed by atoms with Gasteiger partial charge in [-0.25, -0.2) is 14.4 Å². The molecule has 7 heteroatoms. The average Bonchev–Trinajstić information content (AvgIpc) is 3.08. The number of aliphatic imine (C=N–C) groups is 1. The van der Waals surface area contributed by atoms with Crippen LogP contribution in [0.2, 0.25) is 0 Å². The molecular formula is C17H23FIN5. The summed E-state index contributed by atoms with van der Waals surface area (Å²) in [7, 11) is 0. The lowest BCUT2D eigenvalue weighted by Crippen LogP contribution is -2.41. The van der Waals surface area contributed by atoms with Crippen LogP contribution in [0.25, 0.3) is 5.69 Å². The highest BCUT2D eigenvalue weighted by Gasteiger charge is 2.13. The van der Waals surface area contributed by atoms with E-state index in [0.29, 0.717) is 24.2 Å². The average molecular weight is 443 g/mol. The molecule has 3 N–H and O–H groups in total. The molecule has 1 aliphatic rings. The van der Waals surface area contributed by atoms with Crippen LogP contribution in [0.3, 0.4) is 0 Å². The van der Waals surface area contributed by atoms with Gasteiger partial charge in [0, 0.05) is 18.4 Å². The predicted octanol–water partition coefficient (Wildman–Crippen LogP) is 3.37. The van der Waals surface area contributed by atoms with Gasteiger partial charge in [-0.3, -0.25) is 0 Å². The van der Waals surface area contributed by atoms with Crippen LogP contribution in [-0.4, -0.2) is 21.6 Å². The third-order valence-corrected chi connectivity index (χ3v) is 4.18. The van der Waals surface area contributed by atoms with Gasteiger partial charge in [-0.15, -0.1) is 24.0 Å². The molecule has 3 rings (SSSR count). The number of aromatic nitrogens is 2. The highest BCUT2D eigenvalue weighted by atomic mass is 127. The van der Waals surface area contributed by atoms with Gasteiger partial charge in [-0.2, -0.15) is 0 Å². The second-order valence-electron chi connectivity index (χ2n) is 5.94. The lowest BCUT2D eigenvalue weighted by atomic mass is 9.96. The number of nitrogens with two attached hydrogens (primary N) is 1. The van der Waals surface area contributed by atoms with Gasteiger partial charge in [0.25, 0.3) is 0 Å². The maximum absolute atomic E-state index is 14.2. The fourth-order valence-corrected chi connectivity index (χ4v) is 2.94. The van der Waals surface area contributed by atoms with Gasteiger partial charge in [-0.05, 0) is 30.5 Å². The monoisotopic (exact) mass is 443 g/mol.